The van der Waals surface area contributed by atoms with Crippen LogP contribution in [0.3, 0.4) is 0 Å². The quantitative estimate of drug-likeness (QED) is 0.265. The van der Waals surface area contributed by atoms with E-state index in [0.717, 1.165) is 12.3 Å². The first-order valence-corrected chi connectivity index (χ1v) is 13.3. The molecule has 1 aliphatic heterocycles. The van der Waals surface area contributed by atoms with Crippen LogP contribution in [0.2, 0.25) is 5.02 Å². The fourth-order valence-electron chi connectivity index (χ4n) is 5.39. The number of ether oxygens (including phenoxy) is 1. The van der Waals surface area contributed by atoms with Crippen LogP contribution in [0.1, 0.15) is 40.9 Å². The summed E-state index contributed by atoms with van der Waals surface area (Å²) in [5.41, 5.74) is -2.18. The summed E-state index contributed by atoms with van der Waals surface area (Å²) in [6.45, 7) is 0.572. The van der Waals surface area contributed by atoms with E-state index in [4.69, 9.17) is 16.3 Å². The Morgan fingerprint density at radius 1 is 1.05 bits per heavy atom. The molecule has 224 valence electrons. The van der Waals surface area contributed by atoms with Gasteiger partial charge in [0.25, 0.3) is 0 Å². The minimum atomic E-state index is -4.75. The highest BCUT2D eigenvalue weighted by molar-refractivity contribution is 6.36. The number of nitrogens with zero attached hydrogens (tertiary/aromatic N) is 5. The van der Waals surface area contributed by atoms with Crippen molar-refractivity contribution in [3.05, 3.63) is 82.2 Å². The molecular weight excluding hydrogens is 588 g/mol. The number of halogens is 7. The number of benzene rings is 1. The van der Waals surface area contributed by atoms with E-state index in [-0.39, 0.29) is 60.2 Å². The molecule has 42 heavy (non-hydrogen) atoms. The number of pyridine rings is 2. The Balaban J connectivity index is 1.60. The van der Waals surface area contributed by atoms with Gasteiger partial charge in [-0.1, -0.05) is 17.7 Å². The van der Waals surface area contributed by atoms with Gasteiger partial charge in [-0.3, -0.25) is 9.88 Å². The van der Waals surface area contributed by atoms with Crippen LogP contribution in [0, 0.1) is 5.92 Å². The lowest BCUT2D eigenvalue weighted by molar-refractivity contribution is -0.185. The predicted molar refractivity (Wildman–Crippen MR) is 142 cm³/mol. The molecule has 1 aromatic carbocycles. The molecule has 0 bridgehead atoms. The number of likely N-dealkylation sites (tertiary alicyclic amines) is 1. The Morgan fingerprint density at radius 2 is 1.74 bits per heavy atom. The van der Waals surface area contributed by atoms with Crippen LogP contribution >= 0.6 is 11.6 Å². The van der Waals surface area contributed by atoms with Gasteiger partial charge in [0.05, 0.1) is 41.8 Å². The molecule has 14 heteroatoms. The largest absolute Gasteiger partial charge is 0.481 e. The summed E-state index contributed by atoms with van der Waals surface area (Å²) in [5.74, 6) is -1.16. The topological polar surface area (TPSA) is 76.3 Å². The molecule has 1 saturated heterocycles. The number of hydrogen-bond donors (Lipinski definition) is 1. The van der Waals surface area contributed by atoms with Gasteiger partial charge in [-0.05, 0) is 61.3 Å². The minimum absolute atomic E-state index is 0.0435. The molecular formula is C28H26ClF6N5O2. The smallest absolute Gasteiger partial charge is 0.433 e. The van der Waals surface area contributed by atoms with Crippen LogP contribution < -0.4 is 4.74 Å². The number of aryl methyl sites for hydroxylation is 1. The number of aliphatic hydroxyl groups is 1. The van der Waals surface area contributed by atoms with Gasteiger partial charge in [-0.15, -0.1) is 0 Å². The van der Waals surface area contributed by atoms with Crippen LogP contribution in [-0.2, 0) is 25.4 Å². The van der Waals surface area contributed by atoms with Gasteiger partial charge in [0.15, 0.2) is 5.60 Å². The van der Waals surface area contributed by atoms with Gasteiger partial charge in [-0.25, -0.2) is 9.97 Å². The third-order valence-electron chi connectivity index (χ3n) is 7.68. The van der Waals surface area contributed by atoms with E-state index < -0.39 is 29.6 Å². The van der Waals surface area contributed by atoms with Crippen molar-refractivity contribution in [2.75, 3.05) is 20.2 Å². The molecule has 5 rings (SSSR count). The minimum Gasteiger partial charge on any atom is -0.481 e. The first-order chi connectivity index (χ1) is 19.7. The maximum absolute atomic E-state index is 13.6. The molecule has 1 N–H and O–H groups in total. The highest BCUT2D eigenvalue weighted by atomic mass is 35.5. The van der Waals surface area contributed by atoms with Crippen LogP contribution in [0.4, 0.5) is 26.3 Å². The van der Waals surface area contributed by atoms with Crippen molar-refractivity contribution in [2.24, 2.45) is 13.0 Å². The second-order valence-corrected chi connectivity index (χ2v) is 10.6. The monoisotopic (exact) mass is 613 g/mol. The molecule has 4 heterocycles. The van der Waals surface area contributed by atoms with Gasteiger partial charge < -0.3 is 14.4 Å². The van der Waals surface area contributed by atoms with E-state index >= 15 is 0 Å². The third-order valence-corrected chi connectivity index (χ3v) is 8.11. The van der Waals surface area contributed by atoms with Crippen LogP contribution in [-0.4, -0.2) is 55.9 Å². The fourth-order valence-corrected chi connectivity index (χ4v) is 5.69. The maximum atomic E-state index is 13.6. The second kappa shape index (κ2) is 11.0. The van der Waals surface area contributed by atoms with Crippen LogP contribution in [0.15, 0.2) is 49.1 Å². The third kappa shape index (κ3) is 5.52. The second-order valence-electron chi connectivity index (χ2n) is 10.3. The van der Waals surface area contributed by atoms with Crippen LogP contribution in [0.5, 0.6) is 5.88 Å². The molecule has 0 aliphatic carbocycles. The Kier molecular flexibility index (Phi) is 7.88. The van der Waals surface area contributed by atoms with E-state index in [9.17, 15) is 31.4 Å². The Morgan fingerprint density at radius 3 is 2.33 bits per heavy atom. The molecule has 1 fully saturated rings. The Hall–Kier alpha value is -3.42. The first kappa shape index (κ1) is 30.1. The van der Waals surface area contributed by atoms with Gasteiger partial charge >= 0.3 is 12.4 Å². The molecule has 3 aromatic heterocycles. The summed E-state index contributed by atoms with van der Waals surface area (Å²) in [6, 6.07) is 6.68. The number of piperidine rings is 1. The number of hydrogen-bond acceptors (Lipinski definition) is 6. The van der Waals surface area contributed by atoms with E-state index in [1.807, 2.05) is 4.90 Å². The molecule has 1 unspecified atom stereocenters. The zero-order valence-corrected chi connectivity index (χ0v) is 23.2. The summed E-state index contributed by atoms with van der Waals surface area (Å²) >= 11 is 6.87. The lowest BCUT2D eigenvalue weighted by atomic mass is 9.83. The van der Waals surface area contributed by atoms with Gasteiger partial charge in [0.1, 0.15) is 5.69 Å². The van der Waals surface area contributed by atoms with Crippen molar-refractivity contribution in [1.29, 1.82) is 0 Å². The molecule has 4 aromatic rings. The fraction of sp³-hybridized carbons (Fsp3) is 0.393. The van der Waals surface area contributed by atoms with Gasteiger partial charge in [-0.2, -0.15) is 26.3 Å². The number of methoxy groups -OCH3 is 1. The standard InChI is InChI=1S/C28H26ClF6N5O2/c1-39-15-36-13-23(39)26(41,18-5-8-37-22(12-18)28(33,34)35)17-3-4-21-19(11-17)24(29)20(25(38-21)42-2)14-40-9-6-16(7-10-40)27(30,31)32/h3-5,8,11-13,15-16,41H,6-7,9-10,14H2,1-2H3. The number of aromatic nitrogens is 4. The van der Waals surface area contributed by atoms with Gasteiger partial charge in [0, 0.05) is 30.7 Å². The summed E-state index contributed by atoms with van der Waals surface area (Å²) in [7, 11) is 3.00. The van der Waals surface area contributed by atoms with Crippen molar-refractivity contribution in [3.8, 4) is 5.88 Å². The Labute approximate surface area is 241 Å². The summed E-state index contributed by atoms with van der Waals surface area (Å²) in [6.07, 6.45) is -5.35. The zero-order valence-electron chi connectivity index (χ0n) is 22.5. The highest BCUT2D eigenvalue weighted by Crippen LogP contribution is 2.42. The molecule has 1 aliphatic rings. The number of rotatable bonds is 6. The highest BCUT2D eigenvalue weighted by Gasteiger charge is 2.42. The molecule has 1 atom stereocenters. The summed E-state index contributed by atoms with van der Waals surface area (Å²) in [5, 5.41) is 12.8. The first-order valence-electron chi connectivity index (χ1n) is 12.9. The van der Waals surface area contributed by atoms with E-state index in [1.165, 1.54) is 42.4 Å². The van der Waals surface area contributed by atoms with Gasteiger partial charge in [0.2, 0.25) is 5.88 Å². The molecule has 0 amide bonds. The Bertz CT molecular complexity index is 1600. The average Bonchev–Trinajstić information content (AvgIpc) is 3.39. The lowest BCUT2D eigenvalue weighted by Gasteiger charge is -2.33. The van der Waals surface area contributed by atoms with Crippen molar-refractivity contribution >= 4 is 22.5 Å². The summed E-state index contributed by atoms with van der Waals surface area (Å²) in [4.78, 5) is 13.8. The SMILES string of the molecule is COc1nc2ccc(C(O)(c3ccnc(C(F)(F)F)c3)c3cncn3C)cc2c(Cl)c1CN1CCC(C(F)(F)F)CC1. The number of alkyl halides is 6. The van der Waals surface area contributed by atoms with Crippen molar-refractivity contribution in [1.82, 2.24) is 24.4 Å². The van der Waals surface area contributed by atoms with E-state index in [1.54, 1.807) is 13.1 Å². The normalized spacial score (nSPS) is 17.0. The predicted octanol–water partition coefficient (Wildman–Crippen LogP) is 6.10. The molecule has 0 radical (unpaired) electrons. The molecule has 7 nitrogen and oxygen atoms in total. The number of imidazole rings is 1. The zero-order chi connectivity index (χ0) is 30.4. The van der Waals surface area contributed by atoms with Crippen LogP contribution in [0.25, 0.3) is 10.9 Å². The number of fused-ring (bicyclic) bond motifs is 1. The lowest BCUT2D eigenvalue weighted by Crippen LogP contribution is -2.38. The molecule has 0 saturated carbocycles. The van der Waals surface area contributed by atoms with E-state index in [0.29, 0.717) is 16.5 Å². The van der Waals surface area contributed by atoms with E-state index in [2.05, 4.69) is 15.0 Å². The van der Waals surface area contributed by atoms with Crippen molar-refractivity contribution in [2.45, 2.75) is 37.3 Å². The maximum Gasteiger partial charge on any atom is 0.433 e. The molecule has 0 spiro atoms. The average molecular weight is 614 g/mol. The van der Waals surface area contributed by atoms with Crippen molar-refractivity contribution < 1.29 is 36.2 Å². The summed E-state index contributed by atoms with van der Waals surface area (Å²) < 4.78 is 87.1. The van der Waals surface area contributed by atoms with Crippen molar-refractivity contribution in [3.63, 3.8) is 0 Å².